The molecule has 3 aromatic rings. The van der Waals surface area contributed by atoms with Crippen LogP contribution in [0.15, 0.2) is 49.2 Å². The molecule has 1 aliphatic heterocycles. The van der Waals surface area contributed by atoms with E-state index < -0.39 is 5.60 Å². The van der Waals surface area contributed by atoms with Crippen LogP contribution in [0.25, 0.3) is 0 Å². The first kappa shape index (κ1) is 29.7. The molecule has 0 unspecified atom stereocenters. The summed E-state index contributed by atoms with van der Waals surface area (Å²) < 4.78 is 5.78. The normalized spacial score (nSPS) is 15.3. The Balaban J connectivity index is 1.64. The molecule has 4 N–H and O–H groups in total. The van der Waals surface area contributed by atoms with Gasteiger partial charge in [0.2, 0.25) is 5.95 Å². The number of halogens is 2. The van der Waals surface area contributed by atoms with Crippen LogP contribution in [0.4, 0.5) is 34.5 Å². The molecule has 0 spiro atoms. The van der Waals surface area contributed by atoms with Crippen molar-refractivity contribution in [2.45, 2.75) is 31.9 Å². The number of aromatic nitrogens is 2. The highest BCUT2D eigenvalue weighted by atomic mass is 35.5. The Bertz CT molecular complexity index is 1360. The van der Waals surface area contributed by atoms with Gasteiger partial charge in [0, 0.05) is 49.2 Å². The second-order valence-electron chi connectivity index (χ2n) is 10.5. The maximum atomic E-state index is 10.7. The summed E-state index contributed by atoms with van der Waals surface area (Å²) in [4.78, 5) is 13.7. The minimum Gasteiger partial charge on any atom is -0.494 e. The van der Waals surface area contributed by atoms with Gasteiger partial charge >= 0.3 is 0 Å². The molecule has 1 aromatic heterocycles. The Morgan fingerprint density at radius 3 is 2.55 bits per heavy atom. The zero-order valence-electron chi connectivity index (χ0n) is 23.6. The molecule has 0 bridgehead atoms. The average Bonchev–Trinajstić information content (AvgIpc) is 3.39. The summed E-state index contributed by atoms with van der Waals surface area (Å²) in [7, 11) is 5.89. The van der Waals surface area contributed by atoms with Gasteiger partial charge in [0.05, 0.1) is 39.8 Å². The molecule has 1 atom stereocenters. The van der Waals surface area contributed by atoms with Gasteiger partial charge in [-0.1, -0.05) is 29.3 Å². The predicted molar refractivity (Wildman–Crippen MR) is 166 cm³/mol. The second-order valence-corrected chi connectivity index (χ2v) is 11.3. The molecule has 4 rings (SSSR count). The number of aliphatic hydroxyl groups is 1. The number of hydrogen-bond donors (Lipinski definition) is 4. The molecule has 1 fully saturated rings. The van der Waals surface area contributed by atoms with Gasteiger partial charge in [-0.2, -0.15) is 4.98 Å². The third kappa shape index (κ3) is 6.90. The Hall–Kier alpha value is -3.24. The molecular formula is C29H37Cl2N7O2. The molecular weight excluding hydrogens is 549 g/mol. The van der Waals surface area contributed by atoms with Crippen molar-refractivity contribution < 1.29 is 9.84 Å². The van der Waals surface area contributed by atoms with Crippen LogP contribution in [0, 0.1) is 0 Å². The van der Waals surface area contributed by atoms with Crippen molar-refractivity contribution in [3.63, 3.8) is 0 Å². The first-order valence-electron chi connectivity index (χ1n) is 13.1. The fourth-order valence-corrected chi connectivity index (χ4v) is 5.03. The van der Waals surface area contributed by atoms with E-state index in [0.717, 1.165) is 30.9 Å². The highest BCUT2D eigenvalue weighted by Gasteiger charge is 2.27. The van der Waals surface area contributed by atoms with Crippen LogP contribution in [-0.4, -0.2) is 66.9 Å². The number of ether oxygens (including phenoxy) is 1. The molecule has 1 saturated heterocycles. The molecule has 11 heteroatoms. The van der Waals surface area contributed by atoms with Crippen LogP contribution in [-0.2, 0) is 5.60 Å². The van der Waals surface area contributed by atoms with Gasteiger partial charge in [0.1, 0.15) is 11.6 Å². The number of nitrogens with one attached hydrogen (secondary N) is 3. The summed E-state index contributed by atoms with van der Waals surface area (Å²) >= 11 is 12.5. The van der Waals surface area contributed by atoms with Crippen molar-refractivity contribution >= 4 is 57.7 Å². The number of benzene rings is 2. The lowest BCUT2D eigenvalue weighted by Crippen LogP contribution is -2.31. The van der Waals surface area contributed by atoms with E-state index in [1.54, 1.807) is 45.4 Å². The Labute approximate surface area is 246 Å². The molecule has 2 aromatic carbocycles. The highest BCUT2D eigenvalue weighted by molar-refractivity contribution is 6.42. The van der Waals surface area contributed by atoms with Gasteiger partial charge in [-0.05, 0) is 58.6 Å². The van der Waals surface area contributed by atoms with Crippen LogP contribution in [0.3, 0.4) is 0 Å². The molecule has 1 aliphatic rings. The molecule has 0 radical (unpaired) electrons. The molecule has 214 valence electrons. The summed E-state index contributed by atoms with van der Waals surface area (Å²) in [6, 6.07) is 9.60. The van der Waals surface area contributed by atoms with Crippen LogP contribution in [0.5, 0.6) is 5.75 Å². The summed E-state index contributed by atoms with van der Waals surface area (Å²) in [6.07, 6.45) is 4.57. The first-order chi connectivity index (χ1) is 19.0. The van der Waals surface area contributed by atoms with Crippen molar-refractivity contribution in [3.05, 3.63) is 64.8 Å². The van der Waals surface area contributed by atoms with Gasteiger partial charge in [0.15, 0.2) is 0 Å². The molecule has 0 aliphatic carbocycles. The number of methoxy groups -OCH3 is 1. The van der Waals surface area contributed by atoms with Gasteiger partial charge in [-0.15, -0.1) is 6.58 Å². The minimum atomic E-state index is -1.16. The standard InChI is InChI=1S/C29H37Cl2N7O2/c1-7-10-32-23-15-24(26(40-6)16-25(23)38-12-9-18(17-38)37(4)5)35-28-33-11-8-27(36-28)34-22-14-21(31)20(30)13-19(22)29(2,3)39/h7-8,11,13-16,18,32,39H,1,9-10,12,17H2,2-6H3,(H2,33,34,35,36)/t18-/m1/s1. The number of rotatable bonds is 11. The van der Waals surface area contributed by atoms with Crippen LogP contribution >= 0.6 is 23.2 Å². The van der Waals surface area contributed by atoms with E-state index in [9.17, 15) is 5.11 Å². The SMILES string of the molecule is C=CCNc1cc(Nc2nccc(Nc3cc(Cl)c(Cl)cc3C(C)(C)O)n2)c(OC)cc1N1CC[C@@H](N(C)C)C1. The average molecular weight is 587 g/mol. The van der Waals surface area contributed by atoms with Gasteiger partial charge in [-0.3, -0.25) is 0 Å². The van der Waals surface area contributed by atoms with Crippen LogP contribution in [0.2, 0.25) is 10.0 Å². The van der Waals surface area contributed by atoms with Gasteiger partial charge in [0.25, 0.3) is 0 Å². The molecule has 40 heavy (non-hydrogen) atoms. The maximum absolute atomic E-state index is 10.7. The summed E-state index contributed by atoms with van der Waals surface area (Å²) in [5, 5.41) is 21.4. The van der Waals surface area contributed by atoms with E-state index in [2.05, 4.69) is 56.4 Å². The minimum absolute atomic E-state index is 0.358. The quantitative estimate of drug-likeness (QED) is 0.195. The van der Waals surface area contributed by atoms with E-state index in [1.807, 2.05) is 18.2 Å². The number of hydrogen-bond acceptors (Lipinski definition) is 9. The molecule has 9 nitrogen and oxygen atoms in total. The lowest BCUT2D eigenvalue weighted by molar-refractivity contribution is 0.0794. The number of anilines is 6. The van der Waals surface area contributed by atoms with Crippen LogP contribution < -0.4 is 25.6 Å². The Morgan fingerprint density at radius 2 is 1.90 bits per heavy atom. The smallest absolute Gasteiger partial charge is 0.229 e. The third-order valence-corrected chi connectivity index (χ3v) is 7.60. The fraction of sp³-hybridized carbons (Fsp3) is 0.379. The van der Waals surface area contributed by atoms with E-state index >= 15 is 0 Å². The van der Waals surface area contributed by atoms with Gasteiger partial charge in [-0.25, -0.2) is 4.98 Å². The van der Waals surface area contributed by atoms with Crippen molar-refractivity contribution in [2.75, 3.05) is 61.7 Å². The Morgan fingerprint density at radius 1 is 1.15 bits per heavy atom. The number of likely N-dealkylation sites (N-methyl/N-ethyl adjacent to an activating group) is 1. The van der Waals surface area contributed by atoms with E-state index in [0.29, 0.717) is 57.1 Å². The van der Waals surface area contributed by atoms with Crippen molar-refractivity contribution in [1.82, 2.24) is 14.9 Å². The van der Waals surface area contributed by atoms with E-state index in [4.69, 9.17) is 27.9 Å². The summed E-state index contributed by atoms with van der Waals surface area (Å²) in [6.45, 7) is 9.73. The first-order valence-corrected chi connectivity index (χ1v) is 13.8. The molecule has 2 heterocycles. The van der Waals surface area contributed by atoms with E-state index in [-0.39, 0.29) is 0 Å². The van der Waals surface area contributed by atoms with Crippen LogP contribution in [0.1, 0.15) is 25.8 Å². The highest BCUT2D eigenvalue weighted by Crippen LogP contribution is 2.40. The molecule has 0 amide bonds. The molecule has 0 saturated carbocycles. The Kier molecular flexibility index (Phi) is 9.30. The fourth-order valence-electron chi connectivity index (χ4n) is 4.71. The van der Waals surface area contributed by atoms with Crippen molar-refractivity contribution in [3.8, 4) is 5.75 Å². The predicted octanol–water partition coefficient (Wildman–Crippen LogP) is 6.24. The third-order valence-electron chi connectivity index (χ3n) is 6.87. The number of nitrogens with zero attached hydrogens (tertiary/aromatic N) is 4. The lowest BCUT2D eigenvalue weighted by Gasteiger charge is -2.26. The largest absolute Gasteiger partial charge is 0.494 e. The van der Waals surface area contributed by atoms with Gasteiger partial charge < -0.3 is 35.6 Å². The lowest BCUT2D eigenvalue weighted by atomic mass is 9.96. The zero-order valence-corrected chi connectivity index (χ0v) is 25.1. The second kappa shape index (κ2) is 12.5. The summed E-state index contributed by atoms with van der Waals surface area (Å²) in [5.41, 5.74) is 2.77. The van der Waals surface area contributed by atoms with Crippen molar-refractivity contribution in [1.29, 1.82) is 0 Å². The maximum Gasteiger partial charge on any atom is 0.229 e. The zero-order chi connectivity index (χ0) is 29.0. The van der Waals surface area contributed by atoms with Crippen molar-refractivity contribution in [2.24, 2.45) is 0 Å². The monoisotopic (exact) mass is 585 g/mol. The topological polar surface area (TPSA) is 97.8 Å². The van der Waals surface area contributed by atoms with E-state index in [1.165, 1.54) is 0 Å². The summed E-state index contributed by atoms with van der Waals surface area (Å²) in [5.74, 6) is 1.54.